The summed E-state index contributed by atoms with van der Waals surface area (Å²) < 4.78 is 28.5. The lowest BCUT2D eigenvalue weighted by Gasteiger charge is -2.10. The molecular weight excluding hydrogens is 494 g/mol. The van der Waals surface area contributed by atoms with E-state index in [0.29, 0.717) is 16.6 Å². The summed E-state index contributed by atoms with van der Waals surface area (Å²) >= 11 is 2.43. The van der Waals surface area contributed by atoms with Gasteiger partial charge in [-0.25, -0.2) is 23.3 Å². The normalized spacial score (nSPS) is 13.7. The van der Waals surface area contributed by atoms with Crippen molar-refractivity contribution in [3.8, 4) is 10.6 Å². The number of hydrogen-bond donors (Lipinski definition) is 2. The van der Waals surface area contributed by atoms with Gasteiger partial charge in [0.1, 0.15) is 21.0 Å². The van der Waals surface area contributed by atoms with E-state index in [1.807, 2.05) is 17.5 Å². The van der Waals surface area contributed by atoms with E-state index in [4.69, 9.17) is 5.73 Å². The zero-order valence-electron chi connectivity index (χ0n) is 17.9. The summed E-state index contributed by atoms with van der Waals surface area (Å²) in [5.41, 5.74) is 7.38. The number of nitrogens with one attached hydrogen (secondary N) is 1. The second-order valence-electron chi connectivity index (χ2n) is 8.12. The van der Waals surface area contributed by atoms with E-state index in [0.717, 1.165) is 34.7 Å². The number of aromatic nitrogens is 4. The van der Waals surface area contributed by atoms with Gasteiger partial charge in [-0.05, 0) is 47.9 Å². The van der Waals surface area contributed by atoms with Crippen molar-refractivity contribution in [2.75, 3.05) is 5.32 Å². The van der Waals surface area contributed by atoms with Gasteiger partial charge in [-0.3, -0.25) is 9.59 Å². The van der Waals surface area contributed by atoms with Gasteiger partial charge >= 0.3 is 0 Å². The Labute approximate surface area is 204 Å². The van der Waals surface area contributed by atoms with Gasteiger partial charge in [-0.1, -0.05) is 6.07 Å². The molecule has 12 heteroatoms. The Bertz CT molecular complexity index is 1620. The number of pyridine rings is 1. The average Bonchev–Trinajstić information content (AvgIpc) is 3.21. The number of amides is 2. The van der Waals surface area contributed by atoms with Crippen LogP contribution in [0.4, 0.5) is 14.5 Å². The first kappa shape index (κ1) is 21.7. The molecule has 5 aromatic rings. The predicted octanol–water partition coefficient (Wildman–Crippen LogP) is 5.23. The number of carbonyl (C=O) groups excluding carboxylic acids is 2. The van der Waals surface area contributed by atoms with Crippen LogP contribution in [0.1, 0.15) is 56.5 Å². The van der Waals surface area contributed by atoms with Crippen LogP contribution in [0.5, 0.6) is 0 Å². The monoisotopic (exact) mass is 510 g/mol. The fraction of sp³-hybridized carbons (Fsp3) is 0.174. The minimum Gasteiger partial charge on any atom is -0.365 e. The molecule has 176 valence electrons. The highest BCUT2D eigenvalue weighted by Gasteiger charge is 2.32. The SMILES string of the molecule is NC(=O)c1sc2nc(C(F)F)cc(C3CC3)c2c1NC(=O)c1cnn2c(-c3cccs3)ccnc12. The molecular formula is C23H16F2N6O2S2. The van der Waals surface area contributed by atoms with Gasteiger partial charge in [0.15, 0.2) is 5.65 Å². The summed E-state index contributed by atoms with van der Waals surface area (Å²) in [5.74, 6) is -1.25. The van der Waals surface area contributed by atoms with Crippen LogP contribution in [0.15, 0.2) is 42.0 Å². The molecule has 1 aliphatic carbocycles. The lowest BCUT2D eigenvalue weighted by molar-refractivity contribution is 0.100. The van der Waals surface area contributed by atoms with E-state index < -0.39 is 18.2 Å². The van der Waals surface area contributed by atoms with Crippen LogP contribution >= 0.6 is 22.7 Å². The molecule has 5 heterocycles. The minimum atomic E-state index is -2.75. The Morgan fingerprint density at radius 1 is 1.26 bits per heavy atom. The summed E-state index contributed by atoms with van der Waals surface area (Å²) in [6, 6.07) is 7.03. The van der Waals surface area contributed by atoms with Gasteiger partial charge in [0.2, 0.25) is 0 Å². The summed E-state index contributed by atoms with van der Waals surface area (Å²) in [4.78, 5) is 35.3. The molecule has 0 saturated heterocycles. The van der Waals surface area contributed by atoms with Gasteiger partial charge in [0, 0.05) is 11.6 Å². The molecule has 0 unspecified atom stereocenters. The molecule has 1 fully saturated rings. The Morgan fingerprint density at radius 3 is 2.77 bits per heavy atom. The number of hydrogen-bond acceptors (Lipinski definition) is 7. The van der Waals surface area contributed by atoms with Crippen LogP contribution in [0.2, 0.25) is 0 Å². The van der Waals surface area contributed by atoms with E-state index in [9.17, 15) is 18.4 Å². The van der Waals surface area contributed by atoms with E-state index in [1.165, 1.54) is 23.6 Å². The first-order valence-corrected chi connectivity index (χ1v) is 12.3. The molecule has 0 atom stereocenters. The molecule has 0 aliphatic heterocycles. The fourth-order valence-electron chi connectivity index (χ4n) is 4.11. The Kier molecular flexibility index (Phi) is 5.07. The largest absolute Gasteiger partial charge is 0.365 e. The average molecular weight is 511 g/mol. The maximum Gasteiger partial charge on any atom is 0.280 e. The molecule has 35 heavy (non-hydrogen) atoms. The number of nitrogens with zero attached hydrogens (tertiary/aromatic N) is 4. The number of nitrogens with two attached hydrogens (primary N) is 1. The fourth-order valence-corrected chi connectivity index (χ4v) is 5.87. The molecule has 2 amide bonds. The summed E-state index contributed by atoms with van der Waals surface area (Å²) in [6.07, 6.45) is 1.92. The number of carbonyl (C=O) groups is 2. The Balaban J connectivity index is 1.47. The highest BCUT2D eigenvalue weighted by Crippen LogP contribution is 2.48. The first-order valence-electron chi connectivity index (χ1n) is 10.7. The van der Waals surface area contributed by atoms with Gasteiger partial charge in [-0.15, -0.1) is 22.7 Å². The summed E-state index contributed by atoms with van der Waals surface area (Å²) in [7, 11) is 0. The van der Waals surface area contributed by atoms with E-state index in [2.05, 4.69) is 20.4 Å². The molecule has 3 N–H and O–H groups in total. The van der Waals surface area contributed by atoms with Crippen LogP contribution in [-0.4, -0.2) is 31.4 Å². The number of anilines is 1. The van der Waals surface area contributed by atoms with Crippen LogP contribution in [-0.2, 0) is 0 Å². The molecule has 0 spiro atoms. The third kappa shape index (κ3) is 3.65. The zero-order chi connectivity index (χ0) is 24.3. The highest BCUT2D eigenvalue weighted by atomic mass is 32.1. The van der Waals surface area contributed by atoms with Crippen molar-refractivity contribution in [1.29, 1.82) is 0 Å². The number of alkyl halides is 2. The summed E-state index contributed by atoms with van der Waals surface area (Å²) in [5, 5.41) is 9.56. The molecule has 1 saturated carbocycles. The van der Waals surface area contributed by atoms with Crippen LogP contribution in [0.3, 0.4) is 0 Å². The number of halogens is 2. The number of rotatable bonds is 6. The molecule has 0 bridgehead atoms. The third-order valence-electron chi connectivity index (χ3n) is 5.83. The number of thiophene rings is 2. The van der Waals surface area contributed by atoms with Gasteiger partial charge in [0.05, 0.1) is 22.5 Å². The number of fused-ring (bicyclic) bond motifs is 2. The van der Waals surface area contributed by atoms with Crippen molar-refractivity contribution in [2.24, 2.45) is 5.73 Å². The van der Waals surface area contributed by atoms with Crippen molar-refractivity contribution in [2.45, 2.75) is 25.2 Å². The second-order valence-corrected chi connectivity index (χ2v) is 10.1. The van der Waals surface area contributed by atoms with Crippen molar-refractivity contribution in [1.82, 2.24) is 19.6 Å². The van der Waals surface area contributed by atoms with Crippen LogP contribution in [0, 0.1) is 0 Å². The van der Waals surface area contributed by atoms with Gasteiger partial charge < -0.3 is 11.1 Å². The van der Waals surface area contributed by atoms with Crippen molar-refractivity contribution in [3.05, 3.63) is 63.7 Å². The quantitative estimate of drug-likeness (QED) is 0.324. The topological polar surface area (TPSA) is 115 Å². The number of primary amides is 1. The molecule has 6 rings (SSSR count). The van der Waals surface area contributed by atoms with E-state index in [-0.39, 0.29) is 32.6 Å². The van der Waals surface area contributed by atoms with Crippen molar-refractivity contribution < 1.29 is 18.4 Å². The lowest BCUT2D eigenvalue weighted by atomic mass is 10.0. The molecule has 0 radical (unpaired) electrons. The Hall–Kier alpha value is -3.77. The predicted molar refractivity (Wildman–Crippen MR) is 129 cm³/mol. The molecule has 0 aromatic carbocycles. The zero-order valence-corrected chi connectivity index (χ0v) is 19.5. The molecule has 8 nitrogen and oxygen atoms in total. The van der Waals surface area contributed by atoms with E-state index >= 15 is 0 Å². The van der Waals surface area contributed by atoms with Crippen molar-refractivity contribution >= 4 is 56.0 Å². The minimum absolute atomic E-state index is 0.0536. The highest BCUT2D eigenvalue weighted by molar-refractivity contribution is 7.21. The van der Waals surface area contributed by atoms with Crippen LogP contribution < -0.4 is 11.1 Å². The van der Waals surface area contributed by atoms with Gasteiger partial charge in [-0.2, -0.15) is 5.10 Å². The summed E-state index contributed by atoms with van der Waals surface area (Å²) in [6.45, 7) is 0. The smallest absolute Gasteiger partial charge is 0.280 e. The maximum atomic E-state index is 13.5. The third-order valence-corrected chi connectivity index (χ3v) is 7.83. The Morgan fingerprint density at radius 2 is 2.09 bits per heavy atom. The molecule has 5 aromatic heterocycles. The van der Waals surface area contributed by atoms with Gasteiger partial charge in [0.25, 0.3) is 18.2 Å². The van der Waals surface area contributed by atoms with Crippen molar-refractivity contribution in [3.63, 3.8) is 0 Å². The van der Waals surface area contributed by atoms with E-state index in [1.54, 1.807) is 16.8 Å². The molecule has 1 aliphatic rings. The van der Waals surface area contributed by atoms with Crippen LogP contribution in [0.25, 0.3) is 26.4 Å². The second kappa shape index (κ2) is 8.17. The standard InChI is InChI=1S/C23H16F2N6O2S2/c24-19(25)13-8-11(10-3-4-10)16-17(18(20(26)32)35-23(16)29-13)30-22(33)12-9-28-31-14(5-6-27-21(12)31)15-2-1-7-34-15/h1-2,5-10,19H,3-4H2,(H2,26,32)(H,30,33). The first-order chi connectivity index (χ1) is 16.9. The lowest BCUT2D eigenvalue weighted by Crippen LogP contribution is -2.17. The maximum absolute atomic E-state index is 13.5.